The lowest BCUT2D eigenvalue weighted by molar-refractivity contribution is 0.321. The average molecular weight is 203 g/mol. The lowest BCUT2D eigenvalue weighted by Crippen LogP contribution is -2.16. The number of imidazole rings is 1. The van der Waals surface area contributed by atoms with Crippen molar-refractivity contribution in [1.29, 1.82) is 0 Å². The lowest BCUT2D eigenvalue weighted by Gasteiger charge is -2.19. The van der Waals surface area contributed by atoms with Crippen LogP contribution in [0.25, 0.3) is 11.0 Å². The van der Waals surface area contributed by atoms with Crippen molar-refractivity contribution in [2.24, 2.45) is 7.05 Å². The van der Waals surface area contributed by atoms with Gasteiger partial charge in [-0.15, -0.1) is 0 Å². The normalized spacial score (nSPS) is 13.7. The van der Waals surface area contributed by atoms with Crippen molar-refractivity contribution in [2.75, 3.05) is 14.1 Å². The molecular formula is C12H17N3. The molecule has 1 aromatic carbocycles. The second-order valence-corrected chi connectivity index (χ2v) is 4.24. The number of fused-ring (bicyclic) bond motifs is 1. The van der Waals surface area contributed by atoms with Gasteiger partial charge in [0, 0.05) is 13.1 Å². The molecule has 3 nitrogen and oxygen atoms in total. The van der Waals surface area contributed by atoms with Crippen molar-refractivity contribution in [2.45, 2.75) is 13.0 Å². The van der Waals surface area contributed by atoms with Gasteiger partial charge in [0.05, 0.1) is 17.4 Å². The molecule has 3 heteroatoms. The maximum Gasteiger partial charge on any atom is 0.0955 e. The minimum Gasteiger partial charge on any atom is -0.334 e. The summed E-state index contributed by atoms with van der Waals surface area (Å²) in [6.07, 6.45) is 1.86. The summed E-state index contributed by atoms with van der Waals surface area (Å²) in [5, 5.41) is 0. The molecule has 1 aromatic heterocycles. The van der Waals surface area contributed by atoms with E-state index in [-0.39, 0.29) is 0 Å². The summed E-state index contributed by atoms with van der Waals surface area (Å²) in [6.45, 7) is 2.20. The summed E-state index contributed by atoms with van der Waals surface area (Å²) in [6, 6.07) is 6.91. The minimum atomic E-state index is 0.427. The molecule has 0 amide bonds. The maximum absolute atomic E-state index is 4.37. The third-order valence-electron chi connectivity index (χ3n) is 3.01. The zero-order valence-corrected chi connectivity index (χ0v) is 9.73. The molecule has 0 aliphatic carbocycles. The molecule has 0 saturated carbocycles. The number of rotatable bonds is 2. The van der Waals surface area contributed by atoms with Crippen LogP contribution in [0.5, 0.6) is 0 Å². The van der Waals surface area contributed by atoms with Crippen LogP contribution in [0.15, 0.2) is 24.5 Å². The van der Waals surface area contributed by atoms with Gasteiger partial charge in [-0.3, -0.25) is 0 Å². The van der Waals surface area contributed by atoms with E-state index in [4.69, 9.17) is 0 Å². The van der Waals surface area contributed by atoms with Crippen molar-refractivity contribution in [1.82, 2.24) is 14.5 Å². The summed E-state index contributed by atoms with van der Waals surface area (Å²) in [7, 11) is 6.20. The van der Waals surface area contributed by atoms with Gasteiger partial charge >= 0.3 is 0 Å². The Morgan fingerprint density at radius 1 is 1.33 bits per heavy atom. The maximum atomic E-state index is 4.37. The van der Waals surface area contributed by atoms with E-state index in [1.807, 2.05) is 17.9 Å². The first-order chi connectivity index (χ1) is 7.09. The van der Waals surface area contributed by atoms with Gasteiger partial charge in [-0.25, -0.2) is 4.98 Å². The molecular weight excluding hydrogens is 186 g/mol. The highest BCUT2D eigenvalue weighted by Gasteiger charge is 2.09. The highest BCUT2D eigenvalue weighted by atomic mass is 15.1. The Hall–Kier alpha value is -1.35. The lowest BCUT2D eigenvalue weighted by atomic mass is 10.1. The van der Waals surface area contributed by atoms with Crippen molar-refractivity contribution in [3.05, 3.63) is 30.1 Å². The van der Waals surface area contributed by atoms with Crippen LogP contribution in [0.1, 0.15) is 18.5 Å². The second-order valence-electron chi connectivity index (χ2n) is 4.24. The third kappa shape index (κ3) is 1.75. The SMILES string of the molecule is CC(c1ccc2c(c1)ncn2C)N(C)C. The molecule has 2 rings (SSSR count). The molecule has 15 heavy (non-hydrogen) atoms. The molecule has 1 atom stereocenters. The van der Waals surface area contributed by atoms with E-state index < -0.39 is 0 Å². The van der Waals surface area contributed by atoms with Crippen molar-refractivity contribution < 1.29 is 0 Å². The fourth-order valence-electron chi connectivity index (χ4n) is 1.71. The van der Waals surface area contributed by atoms with E-state index >= 15 is 0 Å². The molecule has 1 unspecified atom stereocenters. The van der Waals surface area contributed by atoms with Crippen LogP contribution in [-0.4, -0.2) is 28.5 Å². The van der Waals surface area contributed by atoms with E-state index in [0.29, 0.717) is 6.04 Å². The van der Waals surface area contributed by atoms with Crippen LogP contribution in [0.4, 0.5) is 0 Å². The standard InChI is InChI=1S/C12H17N3/c1-9(14(2)3)10-5-6-12-11(7-10)13-8-15(12)4/h5-9H,1-4H3. The predicted octanol–water partition coefficient (Wildman–Crippen LogP) is 2.20. The quantitative estimate of drug-likeness (QED) is 0.746. The number of hydrogen-bond donors (Lipinski definition) is 0. The molecule has 0 N–H and O–H groups in total. The van der Waals surface area contributed by atoms with Crippen molar-refractivity contribution in [3.63, 3.8) is 0 Å². The van der Waals surface area contributed by atoms with Gasteiger partial charge in [0.2, 0.25) is 0 Å². The fourth-order valence-corrected chi connectivity index (χ4v) is 1.71. The summed E-state index contributed by atoms with van der Waals surface area (Å²) in [4.78, 5) is 6.56. The number of hydrogen-bond acceptors (Lipinski definition) is 2. The van der Waals surface area contributed by atoms with Gasteiger partial charge in [0.15, 0.2) is 0 Å². The molecule has 0 bridgehead atoms. The monoisotopic (exact) mass is 203 g/mol. The van der Waals surface area contributed by atoms with Crippen LogP contribution < -0.4 is 0 Å². The number of nitrogens with zero attached hydrogens (tertiary/aromatic N) is 3. The Kier molecular flexibility index (Phi) is 2.49. The van der Waals surface area contributed by atoms with Crippen LogP contribution in [0, 0.1) is 0 Å². The Bertz CT molecular complexity index is 471. The van der Waals surface area contributed by atoms with E-state index in [9.17, 15) is 0 Å². The molecule has 1 heterocycles. The Morgan fingerprint density at radius 2 is 2.07 bits per heavy atom. The highest BCUT2D eigenvalue weighted by Crippen LogP contribution is 2.21. The Balaban J connectivity index is 2.47. The van der Waals surface area contributed by atoms with E-state index in [1.54, 1.807) is 0 Å². The summed E-state index contributed by atoms with van der Waals surface area (Å²) in [5.41, 5.74) is 3.57. The molecule has 2 aromatic rings. The third-order valence-corrected chi connectivity index (χ3v) is 3.01. The molecule has 0 aliphatic rings. The second kappa shape index (κ2) is 3.66. The molecule has 0 spiro atoms. The van der Waals surface area contributed by atoms with Crippen LogP contribution in [-0.2, 0) is 7.05 Å². The molecule has 0 aliphatic heterocycles. The number of benzene rings is 1. The molecule has 0 saturated heterocycles. The summed E-state index contributed by atoms with van der Waals surface area (Å²) < 4.78 is 2.04. The summed E-state index contributed by atoms with van der Waals surface area (Å²) >= 11 is 0. The van der Waals surface area contributed by atoms with Crippen molar-refractivity contribution in [3.8, 4) is 0 Å². The molecule has 0 fully saturated rings. The first kappa shape index (κ1) is 10.2. The summed E-state index contributed by atoms with van der Waals surface area (Å²) in [5.74, 6) is 0. The van der Waals surface area contributed by atoms with Gasteiger partial charge in [-0.05, 0) is 38.7 Å². The van der Waals surface area contributed by atoms with E-state index in [2.05, 4.69) is 49.1 Å². The number of aromatic nitrogens is 2. The minimum absolute atomic E-state index is 0.427. The molecule has 80 valence electrons. The molecule has 0 radical (unpaired) electrons. The fraction of sp³-hybridized carbons (Fsp3) is 0.417. The first-order valence-electron chi connectivity index (χ1n) is 5.17. The Morgan fingerprint density at radius 3 is 2.73 bits per heavy atom. The zero-order valence-electron chi connectivity index (χ0n) is 9.73. The Labute approximate surface area is 90.3 Å². The highest BCUT2D eigenvalue weighted by molar-refractivity contribution is 5.76. The zero-order chi connectivity index (χ0) is 11.0. The van der Waals surface area contributed by atoms with Gasteiger partial charge in [-0.2, -0.15) is 0 Å². The van der Waals surface area contributed by atoms with Crippen LogP contribution >= 0.6 is 0 Å². The van der Waals surface area contributed by atoms with Crippen molar-refractivity contribution >= 4 is 11.0 Å². The van der Waals surface area contributed by atoms with Gasteiger partial charge in [0.1, 0.15) is 0 Å². The number of aryl methyl sites for hydroxylation is 1. The predicted molar refractivity (Wildman–Crippen MR) is 62.8 cm³/mol. The van der Waals surface area contributed by atoms with Gasteiger partial charge in [0.25, 0.3) is 0 Å². The van der Waals surface area contributed by atoms with Gasteiger partial charge < -0.3 is 9.47 Å². The van der Waals surface area contributed by atoms with E-state index in [1.165, 1.54) is 11.1 Å². The largest absolute Gasteiger partial charge is 0.334 e. The smallest absolute Gasteiger partial charge is 0.0955 e. The topological polar surface area (TPSA) is 21.1 Å². The van der Waals surface area contributed by atoms with Crippen LogP contribution in [0.2, 0.25) is 0 Å². The van der Waals surface area contributed by atoms with Gasteiger partial charge in [-0.1, -0.05) is 6.07 Å². The van der Waals surface area contributed by atoms with E-state index in [0.717, 1.165) is 5.52 Å². The first-order valence-corrected chi connectivity index (χ1v) is 5.17. The van der Waals surface area contributed by atoms with Crippen LogP contribution in [0.3, 0.4) is 0 Å². The average Bonchev–Trinajstić information content (AvgIpc) is 2.59.